The summed E-state index contributed by atoms with van der Waals surface area (Å²) in [5.41, 5.74) is 1.01. The van der Waals surface area contributed by atoms with Crippen LogP contribution in [0.25, 0.3) is 0 Å². The van der Waals surface area contributed by atoms with Gasteiger partial charge in [-0.05, 0) is 37.5 Å². The van der Waals surface area contributed by atoms with Crippen LogP contribution in [0, 0.1) is 0 Å². The van der Waals surface area contributed by atoms with Crippen LogP contribution in [0.4, 0.5) is 0 Å². The molecule has 134 valence electrons. The minimum Gasteiger partial charge on any atom is -0.493 e. The molecule has 24 heavy (non-hydrogen) atoms. The number of hydrogen-bond acceptors (Lipinski definition) is 4. The minimum absolute atomic E-state index is 0.530. The second-order valence-electron chi connectivity index (χ2n) is 5.85. The Morgan fingerprint density at radius 3 is 2.21 bits per heavy atom. The van der Waals surface area contributed by atoms with Gasteiger partial charge in [0.1, 0.15) is 0 Å². The van der Waals surface area contributed by atoms with Crippen molar-refractivity contribution in [2.75, 3.05) is 27.9 Å². The molecule has 0 amide bonds. The fraction of sp³-hybridized carbons (Fsp3) is 0.611. The lowest BCUT2D eigenvalue weighted by atomic mass is 10.2. The van der Waals surface area contributed by atoms with Crippen LogP contribution < -0.4 is 24.8 Å². The van der Waals surface area contributed by atoms with Gasteiger partial charge in [-0.25, -0.2) is 4.99 Å². The topological polar surface area (TPSA) is 64.1 Å². The summed E-state index contributed by atoms with van der Waals surface area (Å²) in [5, 5.41) is 6.83. The van der Waals surface area contributed by atoms with Crippen molar-refractivity contribution in [3.8, 4) is 17.2 Å². The molecule has 0 atom stereocenters. The summed E-state index contributed by atoms with van der Waals surface area (Å²) in [6.07, 6.45) is 5.02. The van der Waals surface area contributed by atoms with Crippen LogP contribution in [0.1, 0.15) is 38.2 Å². The summed E-state index contributed by atoms with van der Waals surface area (Å²) < 4.78 is 16.1. The molecule has 0 aliphatic heterocycles. The van der Waals surface area contributed by atoms with E-state index in [9.17, 15) is 0 Å². The molecular formula is C18H29N3O3. The predicted molar refractivity (Wildman–Crippen MR) is 96.3 cm³/mol. The molecule has 1 aromatic carbocycles. The van der Waals surface area contributed by atoms with Crippen LogP contribution in [-0.4, -0.2) is 39.9 Å². The largest absolute Gasteiger partial charge is 0.493 e. The Kier molecular flexibility index (Phi) is 7.03. The van der Waals surface area contributed by atoms with E-state index in [1.54, 1.807) is 21.3 Å². The van der Waals surface area contributed by atoms with E-state index in [1.807, 2.05) is 12.1 Å². The van der Waals surface area contributed by atoms with E-state index in [2.05, 4.69) is 17.6 Å². The molecule has 1 fully saturated rings. The number of hydrogen-bond donors (Lipinski definition) is 2. The number of nitrogens with one attached hydrogen (secondary N) is 2. The lowest BCUT2D eigenvalue weighted by Gasteiger charge is -2.17. The van der Waals surface area contributed by atoms with Gasteiger partial charge in [0.25, 0.3) is 0 Å². The van der Waals surface area contributed by atoms with Crippen molar-refractivity contribution in [2.45, 2.75) is 45.2 Å². The van der Waals surface area contributed by atoms with Crippen LogP contribution in [0.5, 0.6) is 17.2 Å². The van der Waals surface area contributed by atoms with Crippen LogP contribution in [-0.2, 0) is 6.54 Å². The van der Waals surface area contributed by atoms with Crippen molar-refractivity contribution in [1.29, 1.82) is 0 Å². The number of guanidine groups is 1. The number of ether oxygens (including phenoxy) is 3. The number of methoxy groups -OCH3 is 3. The van der Waals surface area contributed by atoms with Crippen LogP contribution in [0.3, 0.4) is 0 Å². The van der Waals surface area contributed by atoms with Crippen LogP contribution in [0.15, 0.2) is 17.1 Å². The molecule has 0 radical (unpaired) electrons. The Labute approximate surface area is 144 Å². The van der Waals surface area contributed by atoms with Gasteiger partial charge in [-0.2, -0.15) is 0 Å². The van der Waals surface area contributed by atoms with Crippen molar-refractivity contribution in [3.05, 3.63) is 17.7 Å². The third kappa shape index (κ3) is 4.69. The van der Waals surface area contributed by atoms with Gasteiger partial charge in [0.05, 0.1) is 27.9 Å². The fourth-order valence-corrected chi connectivity index (χ4v) is 2.98. The zero-order valence-electron chi connectivity index (χ0n) is 15.1. The van der Waals surface area contributed by atoms with Crippen LogP contribution >= 0.6 is 0 Å². The van der Waals surface area contributed by atoms with Gasteiger partial charge in [-0.1, -0.05) is 12.8 Å². The van der Waals surface area contributed by atoms with E-state index in [-0.39, 0.29) is 0 Å². The first-order chi connectivity index (χ1) is 11.7. The summed E-state index contributed by atoms with van der Waals surface area (Å²) in [5.74, 6) is 2.76. The first-order valence-electron chi connectivity index (χ1n) is 8.55. The smallest absolute Gasteiger partial charge is 0.203 e. The van der Waals surface area contributed by atoms with Crippen molar-refractivity contribution < 1.29 is 14.2 Å². The van der Waals surface area contributed by atoms with E-state index in [0.717, 1.165) is 18.1 Å². The minimum atomic E-state index is 0.530. The Morgan fingerprint density at radius 1 is 1.08 bits per heavy atom. The lowest BCUT2D eigenvalue weighted by Crippen LogP contribution is -2.42. The quantitative estimate of drug-likeness (QED) is 0.592. The van der Waals surface area contributed by atoms with Gasteiger partial charge in [0.2, 0.25) is 5.75 Å². The first kappa shape index (κ1) is 18.2. The number of rotatable bonds is 7. The van der Waals surface area contributed by atoms with E-state index in [0.29, 0.717) is 29.8 Å². The summed E-state index contributed by atoms with van der Waals surface area (Å²) in [4.78, 5) is 4.70. The number of nitrogens with zero attached hydrogens (tertiary/aromatic N) is 1. The number of benzene rings is 1. The standard InChI is InChI=1S/C18H29N3O3/c1-5-19-18(21-14-8-6-7-9-14)20-12-13-10-15(22-2)17(24-4)16(11-13)23-3/h10-11,14H,5-9,12H2,1-4H3,(H2,19,20,21). The molecule has 0 heterocycles. The Bertz CT molecular complexity index is 529. The summed E-state index contributed by atoms with van der Waals surface area (Å²) >= 11 is 0. The highest BCUT2D eigenvalue weighted by Crippen LogP contribution is 2.38. The first-order valence-corrected chi connectivity index (χ1v) is 8.55. The maximum Gasteiger partial charge on any atom is 0.203 e. The third-order valence-corrected chi connectivity index (χ3v) is 4.18. The van der Waals surface area contributed by atoms with Crippen molar-refractivity contribution in [3.63, 3.8) is 0 Å². The molecule has 6 heteroatoms. The third-order valence-electron chi connectivity index (χ3n) is 4.18. The van der Waals surface area contributed by atoms with Gasteiger partial charge in [0.15, 0.2) is 17.5 Å². The molecule has 1 saturated carbocycles. The van der Waals surface area contributed by atoms with Gasteiger partial charge in [-0.15, -0.1) is 0 Å². The molecule has 1 aliphatic carbocycles. The van der Waals surface area contributed by atoms with Gasteiger partial charge >= 0.3 is 0 Å². The molecule has 0 aromatic heterocycles. The Hall–Kier alpha value is -2.11. The van der Waals surface area contributed by atoms with Crippen LogP contribution in [0.2, 0.25) is 0 Å². The summed E-state index contributed by atoms with van der Waals surface area (Å²) in [6, 6.07) is 4.40. The lowest BCUT2D eigenvalue weighted by molar-refractivity contribution is 0.324. The summed E-state index contributed by atoms with van der Waals surface area (Å²) in [7, 11) is 4.85. The molecule has 2 rings (SSSR count). The van der Waals surface area contributed by atoms with Crippen molar-refractivity contribution in [1.82, 2.24) is 10.6 Å². The Balaban J connectivity index is 2.14. The second kappa shape index (κ2) is 9.25. The van der Waals surface area contributed by atoms with E-state index in [4.69, 9.17) is 19.2 Å². The van der Waals surface area contributed by atoms with Crippen molar-refractivity contribution in [2.24, 2.45) is 4.99 Å². The monoisotopic (exact) mass is 335 g/mol. The molecule has 1 aliphatic rings. The van der Waals surface area contributed by atoms with E-state index in [1.165, 1.54) is 25.7 Å². The fourth-order valence-electron chi connectivity index (χ4n) is 2.98. The normalized spacial score (nSPS) is 15.2. The average Bonchev–Trinajstić information content (AvgIpc) is 3.11. The molecule has 2 N–H and O–H groups in total. The number of aliphatic imine (C=N–C) groups is 1. The van der Waals surface area contributed by atoms with E-state index < -0.39 is 0 Å². The highest BCUT2D eigenvalue weighted by atomic mass is 16.5. The average molecular weight is 335 g/mol. The zero-order chi connectivity index (χ0) is 17.4. The Morgan fingerprint density at radius 2 is 1.71 bits per heavy atom. The second-order valence-corrected chi connectivity index (χ2v) is 5.85. The van der Waals surface area contributed by atoms with Gasteiger partial charge < -0.3 is 24.8 Å². The molecule has 0 saturated heterocycles. The van der Waals surface area contributed by atoms with Gasteiger partial charge in [0, 0.05) is 12.6 Å². The maximum atomic E-state index is 5.40. The van der Waals surface area contributed by atoms with Crippen molar-refractivity contribution >= 4 is 5.96 Å². The zero-order valence-corrected chi connectivity index (χ0v) is 15.1. The highest BCUT2D eigenvalue weighted by Gasteiger charge is 2.16. The molecule has 0 bridgehead atoms. The highest BCUT2D eigenvalue weighted by molar-refractivity contribution is 5.80. The SMILES string of the molecule is CCNC(=NCc1cc(OC)c(OC)c(OC)c1)NC1CCCC1. The maximum absolute atomic E-state index is 5.40. The molecular weight excluding hydrogens is 306 g/mol. The molecule has 0 spiro atoms. The molecule has 0 unspecified atom stereocenters. The van der Waals surface area contributed by atoms with Gasteiger partial charge in [-0.3, -0.25) is 0 Å². The molecule has 6 nitrogen and oxygen atoms in total. The van der Waals surface area contributed by atoms with E-state index >= 15 is 0 Å². The summed E-state index contributed by atoms with van der Waals surface area (Å²) in [6.45, 7) is 3.46. The predicted octanol–water partition coefficient (Wildman–Crippen LogP) is 2.71. The molecule has 1 aromatic rings.